The van der Waals surface area contributed by atoms with Crippen molar-refractivity contribution in [1.29, 1.82) is 0 Å². The van der Waals surface area contributed by atoms with Crippen molar-refractivity contribution in [1.82, 2.24) is 14.5 Å². The smallest absolute Gasteiger partial charge is 0.360 e. The Morgan fingerprint density at radius 3 is 2.70 bits per heavy atom. The molecule has 2 N–H and O–H groups in total. The summed E-state index contributed by atoms with van der Waals surface area (Å²) in [5, 5.41) is 0. The predicted molar refractivity (Wildman–Crippen MR) is 76.7 cm³/mol. The summed E-state index contributed by atoms with van der Waals surface area (Å²) < 4.78 is 12.2. The zero-order chi connectivity index (χ0) is 15.1. The van der Waals surface area contributed by atoms with Gasteiger partial charge in [-0.2, -0.15) is 0 Å². The molecule has 0 unspecified atom stereocenters. The van der Waals surface area contributed by atoms with Crippen molar-refractivity contribution in [3.63, 3.8) is 0 Å². The van der Waals surface area contributed by atoms with Gasteiger partial charge >= 0.3 is 5.97 Å². The monoisotopic (exact) mass is 284 g/mol. The van der Waals surface area contributed by atoms with Crippen LogP contribution in [0, 0.1) is 6.92 Å². The molecule has 0 aliphatic rings. The standard InChI is InChI=1S/C13H24N4O3/c1-5-20-13(18)11-12(14)17(10(2)15-11)7-9-19-8-6-16(3)4/h5-9,14H2,1-4H3. The van der Waals surface area contributed by atoms with Crippen molar-refractivity contribution in [2.24, 2.45) is 0 Å². The molecule has 7 nitrogen and oxygen atoms in total. The van der Waals surface area contributed by atoms with E-state index in [1.54, 1.807) is 18.4 Å². The van der Waals surface area contributed by atoms with Crippen LogP contribution in [-0.2, 0) is 16.0 Å². The normalized spacial score (nSPS) is 11.1. The molecule has 0 bridgehead atoms. The predicted octanol–water partition coefficient (Wildman–Crippen LogP) is 0.529. The van der Waals surface area contributed by atoms with E-state index in [0.717, 1.165) is 6.54 Å². The van der Waals surface area contributed by atoms with E-state index in [2.05, 4.69) is 9.88 Å². The zero-order valence-electron chi connectivity index (χ0n) is 12.7. The maximum Gasteiger partial charge on any atom is 0.360 e. The number of aryl methyl sites for hydroxylation is 1. The highest BCUT2D eigenvalue weighted by atomic mass is 16.5. The maximum atomic E-state index is 11.7. The number of ether oxygens (including phenoxy) is 2. The number of carbonyl (C=O) groups is 1. The molecule has 0 aliphatic heterocycles. The Kier molecular flexibility index (Phi) is 6.47. The first-order valence-corrected chi connectivity index (χ1v) is 6.69. The van der Waals surface area contributed by atoms with E-state index in [1.165, 1.54) is 0 Å². The van der Waals surface area contributed by atoms with Crippen LogP contribution >= 0.6 is 0 Å². The number of esters is 1. The Morgan fingerprint density at radius 1 is 1.40 bits per heavy atom. The number of hydrogen-bond donors (Lipinski definition) is 1. The van der Waals surface area contributed by atoms with Crippen LogP contribution in [-0.4, -0.2) is 60.9 Å². The lowest BCUT2D eigenvalue weighted by molar-refractivity contribution is 0.0521. The summed E-state index contributed by atoms with van der Waals surface area (Å²) in [6.45, 7) is 6.47. The molecule has 0 aromatic carbocycles. The van der Waals surface area contributed by atoms with E-state index in [-0.39, 0.29) is 5.69 Å². The van der Waals surface area contributed by atoms with Gasteiger partial charge in [-0.1, -0.05) is 0 Å². The van der Waals surface area contributed by atoms with Gasteiger partial charge in [-0.25, -0.2) is 9.78 Å². The molecule has 1 aromatic rings. The second-order valence-electron chi connectivity index (χ2n) is 4.68. The minimum atomic E-state index is -0.486. The maximum absolute atomic E-state index is 11.7. The van der Waals surface area contributed by atoms with Crippen molar-refractivity contribution in [2.45, 2.75) is 20.4 Å². The van der Waals surface area contributed by atoms with Crippen LogP contribution in [0.15, 0.2) is 0 Å². The fourth-order valence-electron chi connectivity index (χ4n) is 1.72. The SMILES string of the molecule is CCOC(=O)c1nc(C)n(CCOCCN(C)C)c1N. The van der Waals surface area contributed by atoms with Crippen molar-refractivity contribution in [2.75, 3.05) is 46.2 Å². The topological polar surface area (TPSA) is 82.6 Å². The van der Waals surface area contributed by atoms with Crippen molar-refractivity contribution in [3.8, 4) is 0 Å². The van der Waals surface area contributed by atoms with Gasteiger partial charge in [0, 0.05) is 13.1 Å². The molecular formula is C13H24N4O3. The molecule has 20 heavy (non-hydrogen) atoms. The second-order valence-corrected chi connectivity index (χ2v) is 4.68. The largest absolute Gasteiger partial charge is 0.461 e. The van der Waals surface area contributed by atoms with Crippen LogP contribution in [0.1, 0.15) is 23.2 Å². The number of carbonyl (C=O) groups excluding carboxylic acids is 1. The van der Waals surface area contributed by atoms with Crippen molar-refractivity contribution in [3.05, 3.63) is 11.5 Å². The Bertz CT molecular complexity index is 443. The average molecular weight is 284 g/mol. The number of nitrogens with two attached hydrogens (primary N) is 1. The molecule has 0 spiro atoms. The Balaban J connectivity index is 2.56. The minimum Gasteiger partial charge on any atom is -0.461 e. The van der Waals surface area contributed by atoms with E-state index >= 15 is 0 Å². The third-order valence-corrected chi connectivity index (χ3v) is 2.81. The summed E-state index contributed by atoms with van der Waals surface area (Å²) in [5.74, 6) is 0.527. The van der Waals surface area contributed by atoms with Gasteiger partial charge in [0.15, 0.2) is 5.69 Å². The Morgan fingerprint density at radius 2 is 2.10 bits per heavy atom. The molecule has 0 radical (unpaired) electrons. The number of imidazole rings is 1. The van der Waals surface area contributed by atoms with Crippen molar-refractivity contribution >= 4 is 11.8 Å². The summed E-state index contributed by atoms with van der Waals surface area (Å²) in [6, 6.07) is 0. The molecule has 7 heteroatoms. The molecule has 1 aromatic heterocycles. The zero-order valence-corrected chi connectivity index (χ0v) is 12.7. The Hall–Kier alpha value is -1.60. The van der Waals surface area contributed by atoms with E-state index in [0.29, 0.717) is 38.0 Å². The lowest BCUT2D eigenvalue weighted by atomic mass is 10.4. The number of nitrogen functional groups attached to an aromatic ring is 1. The quantitative estimate of drug-likeness (QED) is 0.554. The fourth-order valence-corrected chi connectivity index (χ4v) is 1.72. The molecule has 1 heterocycles. The lowest BCUT2D eigenvalue weighted by Gasteiger charge is -2.11. The van der Waals surface area contributed by atoms with E-state index < -0.39 is 5.97 Å². The number of anilines is 1. The van der Waals surface area contributed by atoms with Gasteiger partial charge in [0.1, 0.15) is 11.6 Å². The molecule has 114 valence electrons. The van der Waals surface area contributed by atoms with Gasteiger partial charge < -0.3 is 24.7 Å². The van der Waals surface area contributed by atoms with Gasteiger partial charge in [0.25, 0.3) is 0 Å². The molecule has 0 fully saturated rings. The molecule has 1 rings (SSSR count). The summed E-state index contributed by atoms with van der Waals surface area (Å²) in [5.41, 5.74) is 6.11. The van der Waals surface area contributed by atoms with Gasteiger partial charge in [0.05, 0.1) is 19.8 Å². The minimum absolute atomic E-state index is 0.178. The molecular weight excluding hydrogens is 260 g/mol. The average Bonchev–Trinajstić information content (AvgIpc) is 2.65. The first-order chi connectivity index (χ1) is 9.47. The van der Waals surface area contributed by atoms with Crippen LogP contribution in [0.2, 0.25) is 0 Å². The summed E-state index contributed by atoms with van der Waals surface area (Å²) in [4.78, 5) is 17.9. The van der Waals surface area contributed by atoms with Crippen LogP contribution in [0.3, 0.4) is 0 Å². The van der Waals surface area contributed by atoms with Crippen LogP contribution in [0.25, 0.3) is 0 Å². The van der Waals surface area contributed by atoms with Gasteiger partial charge in [0.2, 0.25) is 0 Å². The van der Waals surface area contributed by atoms with Crippen LogP contribution in [0.4, 0.5) is 5.82 Å². The third-order valence-electron chi connectivity index (χ3n) is 2.81. The molecule has 0 saturated carbocycles. The second kappa shape index (κ2) is 7.86. The first kappa shape index (κ1) is 16.5. The summed E-state index contributed by atoms with van der Waals surface area (Å²) in [7, 11) is 3.99. The van der Waals surface area contributed by atoms with Gasteiger partial charge in [-0.3, -0.25) is 0 Å². The molecule has 0 atom stereocenters. The number of aromatic nitrogens is 2. The molecule has 0 amide bonds. The summed E-state index contributed by atoms with van der Waals surface area (Å²) >= 11 is 0. The highest BCUT2D eigenvalue weighted by Gasteiger charge is 2.19. The van der Waals surface area contributed by atoms with E-state index in [1.807, 2.05) is 14.1 Å². The number of nitrogens with zero attached hydrogens (tertiary/aromatic N) is 3. The number of hydrogen-bond acceptors (Lipinski definition) is 6. The highest BCUT2D eigenvalue weighted by molar-refractivity contribution is 5.92. The van der Waals surface area contributed by atoms with Gasteiger partial charge in [-0.15, -0.1) is 0 Å². The highest BCUT2D eigenvalue weighted by Crippen LogP contribution is 2.15. The molecule has 0 saturated heterocycles. The van der Waals surface area contributed by atoms with E-state index in [4.69, 9.17) is 15.2 Å². The number of rotatable bonds is 8. The Labute approximate surface area is 119 Å². The van der Waals surface area contributed by atoms with Crippen LogP contribution < -0.4 is 5.73 Å². The van der Waals surface area contributed by atoms with Crippen molar-refractivity contribution < 1.29 is 14.3 Å². The first-order valence-electron chi connectivity index (χ1n) is 6.69. The summed E-state index contributed by atoms with van der Waals surface area (Å²) in [6.07, 6.45) is 0. The van der Waals surface area contributed by atoms with Crippen LogP contribution in [0.5, 0.6) is 0 Å². The molecule has 0 aliphatic carbocycles. The van der Waals surface area contributed by atoms with Gasteiger partial charge in [-0.05, 0) is 27.9 Å². The van der Waals surface area contributed by atoms with E-state index in [9.17, 15) is 4.79 Å². The lowest BCUT2D eigenvalue weighted by Crippen LogP contribution is -2.19. The number of likely N-dealkylation sites (N-methyl/N-ethyl adjacent to an activating group) is 1. The third kappa shape index (κ3) is 4.50. The fraction of sp³-hybridized carbons (Fsp3) is 0.692.